The van der Waals surface area contributed by atoms with E-state index in [2.05, 4.69) is 10.5 Å². The van der Waals surface area contributed by atoms with Crippen molar-refractivity contribution in [1.82, 2.24) is 5.43 Å². The van der Waals surface area contributed by atoms with Crippen LogP contribution in [-0.4, -0.2) is 24.8 Å². The molecule has 25 heavy (non-hydrogen) atoms. The Labute approximate surface area is 145 Å². The van der Waals surface area contributed by atoms with Crippen LogP contribution in [0.1, 0.15) is 29.3 Å². The highest BCUT2D eigenvalue weighted by Gasteiger charge is 2.08. The van der Waals surface area contributed by atoms with Crippen LogP contribution in [0.4, 0.5) is 4.79 Å². The van der Waals surface area contributed by atoms with Crippen LogP contribution in [-0.2, 0) is 0 Å². The molecule has 0 aliphatic rings. The molecule has 0 atom stereocenters. The van der Waals surface area contributed by atoms with Crippen molar-refractivity contribution in [2.75, 3.05) is 6.61 Å². The summed E-state index contributed by atoms with van der Waals surface area (Å²) in [6.07, 6.45) is 2.34. The van der Waals surface area contributed by atoms with E-state index < -0.39 is 12.0 Å². The van der Waals surface area contributed by atoms with E-state index in [0.29, 0.717) is 29.2 Å². The normalized spacial score (nSPS) is 10.4. The van der Waals surface area contributed by atoms with Crippen LogP contribution < -0.4 is 20.6 Å². The standard InChI is InChI=1S/C18H19N3O4/c1-2-11-24-15-9-5-14(6-10-15)17(22)25-16-7-3-13(4-8-16)12-20-21-18(19)23/h3-10,12H,2,11H2,1H3,(H3,19,21,23)/b20-12+. The molecule has 7 nitrogen and oxygen atoms in total. The van der Waals surface area contributed by atoms with Crippen molar-refractivity contribution >= 4 is 18.2 Å². The first-order valence-electron chi connectivity index (χ1n) is 7.72. The van der Waals surface area contributed by atoms with Crippen LogP contribution in [0.5, 0.6) is 11.5 Å². The van der Waals surface area contributed by atoms with Crippen LogP contribution in [0.15, 0.2) is 53.6 Å². The minimum atomic E-state index is -0.743. The van der Waals surface area contributed by atoms with E-state index in [-0.39, 0.29) is 0 Å². The Bertz CT molecular complexity index is 740. The smallest absolute Gasteiger partial charge is 0.343 e. The number of nitrogens with zero attached hydrogens (tertiary/aromatic N) is 1. The van der Waals surface area contributed by atoms with Crippen molar-refractivity contribution < 1.29 is 19.1 Å². The molecule has 0 fully saturated rings. The third-order valence-corrected chi connectivity index (χ3v) is 3.04. The Hall–Kier alpha value is -3.35. The van der Waals surface area contributed by atoms with Gasteiger partial charge in [-0.05, 0) is 60.5 Å². The lowest BCUT2D eigenvalue weighted by molar-refractivity contribution is 0.0734. The summed E-state index contributed by atoms with van der Waals surface area (Å²) in [5.41, 5.74) is 8.13. The Morgan fingerprint density at radius 3 is 2.32 bits per heavy atom. The van der Waals surface area contributed by atoms with Crippen molar-refractivity contribution in [3.63, 3.8) is 0 Å². The molecular weight excluding hydrogens is 322 g/mol. The highest BCUT2D eigenvalue weighted by atomic mass is 16.5. The van der Waals surface area contributed by atoms with E-state index in [1.165, 1.54) is 6.21 Å². The van der Waals surface area contributed by atoms with Gasteiger partial charge in [-0.3, -0.25) is 0 Å². The minimum absolute atomic E-state index is 0.399. The average Bonchev–Trinajstić information content (AvgIpc) is 2.61. The molecule has 0 aliphatic carbocycles. The molecule has 0 aromatic heterocycles. The molecule has 0 unspecified atom stereocenters. The van der Waals surface area contributed by atoms with Gasteiger partial charge in [0.05, 0.1) is 18.4 Å². The molecule has 0 aliphatic heterocycles. The minimum Gasteiger partial charge on any atom is -0.494 e. The monoisotopic (exact) mass is 341 g/mol. The van der Waals surface area contributed by atoms with E-state index in [9.17, 15) is 9.59 Å². The van der Waals surface area contributed by atoms with Gasteiger partial charge in [-0.25, -0.2) is 15.0 Å². The molecule has 3 N–H and O–H groups in total. The van der Waals surface area contributed by atoms with Gasteiger partial charge in [0.2, 0.25) is 0 Å². The van der Waals surface area contributed by atoms with E-state index in [1.54, 1.807) is 48.5 Å². The van der Waals surface area contributed by atoms with Gasteiger partial charge in [-0.2, -0.15) is 5.10 Å². The molecule has 0 bridgehead atoms. The van der Waals surface area contributed by atoms with Gasteiger partial charge in [-0.15, -0.1) is 0 Å². The summed E-state index contributed by atoms with van der Waals surface area (Å²) in [5.74, 6) is 0.654. The Balaban J connectivity index is 1.93. The second-order valence-electron chi connectivity index (χ2n) is 5.07. The van der Waals surface area contributed by atoms with E-state index in [0.717, 1.165) is 6.42 Å². The summed E-state index contributed by atoms with van der Waals surface area (Å²) in [5, 5.41) is 3.64. The summed E-state index contributed by atoms with van der Waals surface area (Å²) in [7, 11) is 0. The largest absolute Gasteiger partial charge is 0.494 e. The number of rotatable bonds is 7. The number of carbonyl (C=O) groups is 2. The first-order chi connectivity index (χ1) is 12.1. The van der Waals surface area contributed by atoms with Crippen molar-refractivity contribution in [3.8, 4) is 11.5 Å². The maximum atomic E-state index is 12.1. The summed E-state index contributed by atoms with van der Waals surface area (Å²) in [4.78, 5) is 22.6. The van der Waals surface area contributed by atoms with E-state index in [1.807, 2.05) is 6.92 Å². The average molecular weight is 341 g/mol. The zero-order valence-electron chi connectivity index (χ0n) is 13.8. The van der Waals surface area contributed by atoms with Crippen LogP contribution >= 0.6 is 0 Å². The molecule has 7 heteroatoms. The summed E-state index contributed by atoms with van der Waals surface area (Å²) in [6.45, 7) is 2.66. The Morgan fingerprint density at radius 1 is 1.08 bits per heavy atom. The van der Waals surface area contributed by atoms with Gasteiger partial charge in [0.1, 0.15) is 11.5 Å². The van der Waals surface area contributed by atoms with Crippen molar-refractivity contribution in [2.24, 2.45) is 10.8 Å². The van der Waals surface area contributed by atoms with Gasteiger partial charge >= 0.3 is 12.0 Å². The number of hydrazone groups is 1. The number of amides is 2. The molecule has 0 saturated carbocycles. The molecule has 130 valence electrons. The van der Waals surface area contributed by atoms with E-state index >= 15 is 0 Å². The number of ether oxygens (including phenoxy) is 2. The second kappa shape index (κ2) is 9.07. The number of primary amides is 1. The third-order valence-electron chi connectivity index (χ3n) is 3.04. The fraction of sp³-hybridized carbons (Fsp3) is 0.167. The number of esters is 1. The Morgan fingerprint density at radius 2 is 1.72 bits per heavy atom. The number of nitrogens with one attached hydrogen (secondary N) is 1. The summed E-state index contributed by atoms with van der Waals surface area (Å²) < 4.78 is 10.8. The Kier molecular flexibility index (Phi) is 6.53. The van der Waals surface area contributed by atoms with Crippen molar-refractivity contribution in [1.29, 1.82) is 0 Å². The molecule has 2 aromatic rings. The van der Waals surface area contributed by atoms with Crippen molar-refractivity contribution in [3.05, 3.63) is 59.7 Å². The molecule has 2 amide bonds. The summed E-state index contributed by atoms with van der Waals surface area (Å²) >= 11 is 0. The molecule has 0 radical (unpaired) electrons. The lowest BCUT2D eigenvalue weighted by Crippen LogP contribution is -2.24. The number of urea groups is 1. The topological polar surface area (TPSA) is 103 Å². The molecule has 2 rings (SSSR count). The third kappa shape index (κ3) is 5.98. The lowest BCUT2D eigenvalue weighted by atomic mass is 10.2. The van der Waals surface area contributed by atoms with Gasteiger partial charge in [0.25, 0.3) is 0 Å². The number of nitrogens with two attached hydrogens (primary N) is 1. The predicted molar refractivity (Wildman–Crippen MR) is 93.9 cm³/mol. The van der Waals surface area contributed by atoms with Crippen molar-refractivity contribution in [2.45, 2.75) is 13.3 Å². The molecule has 0 saturated heterocycles. The quantitative estimate of drug-likeness (QED) is 0.350. The zero-order chi connectivity index (χ0) is 18.1. The van der Waals surface area contributed by atoms with Gasteiger partial charge in [0, 0.05) is 0 Å². The van der Waals surface area contributed by atoms with Gasteiger partial charge in [-0.1, -0.05) is 6.92 Å². The maximum absolute atomic E-state index is 12.1. The lowest BCUT2D eigenvalue weighted by Gasteiger charge is -2.07. The zero-order valence-corrected chi connectivity index (χ0v) is 13.8. The number of hydrogen-bond donors (Lipinski definition) is 2. The molecular formula is C18H19N3O4. The van der Waals surface area contributed by atoms with Crippen LogP contribution in [0.25, 0.3) is 0 Å². The SMILES string of the molecule is CCCOc1ccc(C(=O)Oc2ccc(/C=N/NC(N)=O)cc2)cc1. The van der Waals surface area contributed by atoms with Crippen LogP contribution in [0, 0.1) is 0 Å². The number of carbonyl (C=O) groups excluding carboxylic acids is 2. The predicted octanol–water partition coefficient (Wildman–Crippen LogP) is 2.70. The summed E-state index contributed by atoms with van der Waals surface area (Å²) in [6, 6.07) is 12.7. The second-order valence-corrected chi connectivity index (χ2v) is 5.07. The fourth-order valence-electron chi connectivity index (χ4n) is 1.87. The number of hydrogen-bond acceptors (Lipinski definition) is 5. The highest BCUT2D eigenvalue weighted by Crippen LogP contribution is 2.16. The first-order valence-corrected chi connectivity index (χ1v) is 7.72. The van der Waals surface area contributed by atoms with Crippen LogP contribution in [0.2, 0.25) is 0 Å². The van der Waals surface area contributed by atoms with Crippen LogP contribution in [0.3, 0.4) is 0 Å². The van der Waals surface area contributed by atoms with E-state index in [4.69, 9.17) is 15.2 Å². The fourth-order valence-corrected chi connectivity index (χ4v) is 1.87. The first kappa shape index (κ1) is 18.0. The maximum Gasteiger partial charge on any atom is 0.343 e. The molecule has 0 spiro atoms. The molecule has 0 heterocycles. The number of benzene rings is 2. The molecule has 2 aromatic carbocycles. The van der Waals surface area contributed by atoms with Gasteiger partial charge in [0.15, 0.2) is 0 Å². The van der Waals surface area contributed by atoms with Gasteiger partial charge < -0.3 is 15.2 Å². The highest BCUT2D eigenvalue weighted by molar-refractivity contribution is 5.91.